The number of nitrogens with one attached hydrogen (secondary N) is 3. The predicted molar refractivity (Wildman–Crippen MR) is 134 cm³/mol. The summed E-state index contributed by atoms with van der Waals surface area (Å²) in [5.74, 6) is 1.29. The van der Waals surface area contributed by atoms with Crippen molar-refractivity contribution in [2.45, 2.75) is 51.6 Å². The number of rotatable bonds is 6. The number of benzene rings is 2. The van der Waals surface area contributed by atoms with Crippen LogP contribution >= 0.6 is 0 Å². The van der Waals surface area contributed by atoms with Crippen molar-refractivity contribution in [2.24, 2.45) is 17.6 Å². The number of nitrogens with two attached hydrogens (primary N) is 1. The van der Waals surface area contributed by atoms with Gasteiger partial charge in [0.15, 0.2) is 0 Å². The Balaban J connectivity index is 0.000000286. The maximum atomic E-state index is 12.5. The zero-order chi connectivity index (χ0) is 23.8. The molecule has 4 rings (SSSR count). The van der Waals surface area contributed by atoms with Gasteiger partial charge < -0.3 is 21.7 Å². The molecule has 0 spiro atoms. The van der Waals surface area contributed by atoms with Gasteiger partial charge in [-0.25, -0.2) is 0 Å². The first-order valence-electron chi connectivity index (χ1n) is 11.8. The zero-order valence-electron chi connectivity index (χ0n) is 19.8. The first-order chi connectivity index (χ1) is 15.9. The Morgan fingerprint density at radius 3 is 2.36 bits per heavy atom. The molecule has 1 fully saturated rings. The number of aldehydes is 1. The third-order valence-corrected chi connectivity index (χ3v) is 6.61. The second-order valence-electron chi connectivity index (χ2n) is 8.95. The fourth-order valence-corrected chi connectivity index (χ4v) is 4.84. The lowest BCUT2D eigenvalue weighted by atomic mass is 9.75. The summed E-state index contributed by atoms with van der Waals surface area (Å²) in [5, 5.41) is 9.74. The van der Waals surface area contributed by atoms with Gasteiger partial charge in [0.05, 0.1) is 6.04 Å². The average Bonchev–Trinajstić information content (AvgIpc) is 3.36. The Morgan fingerprint density at radius 2 is 1.79 bits per heavy atom. The van der Waals surface area contributed by atoms with E-state index < -0.39 is 6.04 Å². The molecule has 0 radical (unpaired) electrons. The molecule has 0 saturated heterocycles. The molecule has 33 heavy (non-hydrogen) atoms. The topological polar surface area (TPSA) is 96.2 Å². The molecule has 6 nitrogen and oxygen atoms in total. The Bertz CT molecular complexity index is 967. The number of likely N-dealkylation sites (N-methyl/N-ethyl adjacent to an activating group) is 1. The summed E-state index contributed by atoms with van der Waals surface area (Å²) in [4.78, 5) is 22.6. The molecule has 1 aliphatic heterocycles. The van der Waals surface area contributed by atoms with E-state index in [1.54, 1.807) is 6.07 Å². The van der Waals surface area contributed by atoms with Gasteiger partial charge in [-0.15, -0.1) is 0 Å². The number of carbonyl (C=O) groups is 2. The summed E-state index contributed by atoms with van der Waals surface area (Å²) in [5.41, 5.74) is 10.4. The molecule has 0 bridgehead atoms. The number of hydrogen-bond acceptors (Lipinski definition) is 5. The van der Waals surface area contributed by atoms with Gasteiger partial charge in [0.1, 0.15) is 12.1 Å². The third-order valence-electron chi connectivity index (χ3n) is 6.61. The van der Waals surface area contributed by atoms with E-state index in [0.717, 1.165) is 41.8 Å². The van der Waals surface area contributed by atoms with Crippen LogP contribution in [-0.2, 0) is 4.79 Å². The van der Waals surface area contributed by atoms with Gasteiger partial charge in [-0.1, -0.05) is 54.8 Å². The van der Waals surface area contributed by atoms with Gasteiger partial charge in [-0.3, -0.25) is 9.59 Å². The molecule has 0 aromatic heterocycles. The second-order valence-corrected chi connectivity index (χ2v) is 8.95. The van der Waals surface area contributed by atoms with E-state index in [0.29, 0.717) is 5.92 Å². The molecule has 3 unspecified atom stereocenters. The quantitative estimate of drug-likeness (QED) is 0.501. The molecule has 2 aromatic carbocycles. The van der Waals surface area contributed by atoms with E-state index in [9.17, 15) is 9.59 Å². The fourth-order valence-electron chi connectivity index (χ4n) is 4.84. The van der Waals surface area contributed by atoms with Crippen LogP contribution in [0.25, 0.3) is 0 Å². The lowest BCUT2D eigenvalue weighted by molar-refractivity contribution is -0.123. The highest BCUT2D eigenvalue weighted by molar-refractivity contribution is 5.86. The van der Waals surface area contributed by atoms with Crippen molar-refractivity contribution in [3.63, 3.8) is 0 Å². The molecule has 1 saturated carbocycles. The monoisotopic (exact) mass is 448 g/mol. The van der Waals surface area contributed by atoms with Gasteiger partial charge in [0.25, 0.3) is 0 Å². The van der Waals surface area contributed by atoms with Crippen LogP contribution in [0.5, 0.6) is 0 Å². The molecule has 1 heterocycles. The third kappa shape index (κ3) is 6.30. The fraction of sp³-hybridized carbons (Fsp3) is 0.407. The largest absolute Gasteiger partial charge is 0.342 e. The normalized spacial score (nSPS) is 21.6. The number of hydrogen-bond donors (Lipinski definition) is 4. The molecular formula is C27H36N4O2. The molecule has 1 amide bonds. The molecule has 5 N–H and O–H groups in total. The Hall–Kier alpha value is -2.96. The van der Waals surface area contributed by atoms with Gasteiger partial charge in [0, 0.05) is 23.2 Å². The highest BCUT2D eigenvalue weighted by Gasteiger charge is 2.42. The number of para-hydroxylation sites is 1. The number of anilines is 1. The maximum Gasteiger partial charge on any atom is 0.243 e. The van der Waals surface area contributed by atoms with Crippen molar-refractivity contribution in [1.29, 1.82) is 0 Å². The van der Waals surface area contributed by atoms with Crippen molar-refractivity contribution in [1.82, 2.24) is 10.6 Å². The van der Waals surface area contributed by atoms with Crippen molar-refractivity contribution in [3.05, 3.63) is 77.1 Å². The summed E-state index contributed by atoms with van der Waals surface area (Å²) in [6.07, 6.45) is 5.64. The summed E-state index contributed by atoms with van der Waals surface area (Å²) in [6, 6.07) is 17.1. The van der Waals surface area contributed by atoms with Crippen molar-refractivity contribution >= 4 is 17.9 Å². The van der Waals surface area contributed by atoms with Crippen LogP contribution in [-0.4, -0.2) is 31.3 Å². The van der Waals surface area contributed by atoms with E-state index in [2.05, 4.69) is 22.9 Å². The van der Waals surface area contributed by atoms with Crippen LogP contribution in [0.4, 0.5) is 5.69 Å². The minimum Gasteiger partial charge on any atom is -0.342 e. The highest BCUT2D eigenvalue weighted by Crippen LogP contribution is 2.40. The molecule has 6 heteroatoms. The first-order valence-corrected chi connectivity index (χ1v) is 11.8. The van der Waals surface area contributed by atoms with Gasteiger partial charge in [0.2, 0.25) is 5.91 Å². The minimum atomic E-state index is -0.472. The van der Waals surface area contributed by atoms with Crippen molar-refractivity contribution in [2.75, 3.05) is 12.4 Å². The van der Waals surface area contributed by atoms with E-state index >= 15 is 0 Å². The van der Waals surface area contributed by atoms with Crippen molar-refractivity contribution < 1.29 is 9.59 Å². The Kier molecular flexibility index (Phi) is 8.80. The van der Waals surface area contributed by atoms with Crippen LogP contribution in [0, 0.1) is 18.8 Å². The van der Waals surface area contributed by atoms with Crippen LogP contribution in [0.3, 0.4) is 0 Å². The van der Waals surface area contributed by atoms with E-state index in [1.807, 2.05) is 62.5 Å². The predicted octanol–water partition coefficient (Wildman–Crippen LogP) is 3.99. The van der Waals surface area contributed by atoms with Crippen LogP contribution in [0.1, 0.15) is 48.5 Å². The van der Waals surface area contributed by atoms with E-state index in [-0.39, 0.29) is 17.9 Å². The standard InChI is InChI=1S/C19H28N4O.C8H8O/c1-12(21-2)15-16(13-8-6-7-9-13)17(20)19(24)23-18(15)22-14-10-4-3-5-11-14;1-7-3-2-4-8(5-7)6-9/h3-5,10-13,16-17,21-22H,6-9,20H2,1-2H3,(H,23,24);2-6H,1H3. The SMILES string of the molecule is CNC(C)C1=C(Nc2ccccc2)NC(=O)C(N)C1C1CCCC1.Cc1cccc(C=O)c1. The van der Waals surface area contributed by atoms with Crippen LogP contribution in [0.15, 0.2) is 66.0 Å². The van der Waals surface area contributed by atoms with Crippen LogP contribution < -0.4 is 21.7 Å². The Labute approximate surface area is 197 Å². The van der Waals surface area contributed by atoms with E-state index in [4.69, 9.17) is 5.73 Å². The van der Waals surface area contributed by atoms with Gasteiger partial charge >= 0.3 is 0 Å². The summed E-state index contributed by atoms with van der Waals surface area (Å²) in [6.45, 7) is 4.10. The number of aryl methyl sites for hydroxylation is 1. The van der Waals surface area contributed by atoms with E-state index in [1.165, 1.54) is 18.4 Å². The molecular weight excluding hydrogens is 412 g/mol. The summed E-state index contributed by atoms with van der Waals surface area (Å²) < 4.78 is 0. The smallest absolute Gasteiger partial charge is 0.243 e. The number of amides is 1. The highest BCUT2D eigenvalue weighted by atomic mass is 16.2. The molecule has 3 atom stereocenters. The lowest BCUT2D eigenvalue weighted by Crippen LogP contribution is -2.55. The second kappa shape index (κ2) is 11.8. The summed E-state index contributed by atoms with van der Waals surface area (Å²) in [7, 11) is 1.95. The molecule has 176 valence electrons. The maximum absolute atomic E-state index is 12.5. The molecule has 2 aromatic rings. The van der Waals surface area contributed by atoms with Crippen molar-refractivity contribution in [3.8, 4) is 0 Å². The Morgan fingerprint density at radius 1 is 1.09 bits per heavy atom. The first kappa shape index (κ1) is 24.7. The van der Waals surface area contributed by atoms with Gasteiger partial charge in [-0.05, 0) is 63.4 Å². The average molecular weight is 449 g/mol. The summed E-state index contributed by atoms with van der Waals surface area (Å²) >= 11 is 0. The van der Waals surface area contributed by atoms with Crippen LogP contribution in [0.2, 0.25) is 0 Å². The zero-order valence-corrected chi connectivity index (χ0v) is 19.8. The van der Waals surface area contributed by atoms with Gasteiger partial charge in [-0.2, -0.15) is 0 Å². The molecule has 1 aliphatic carbocycles. The lowest BCUT2D eigenvalue weighted by Gasteiger charge is -2.39. The minimum absolute atomic E-state index is 0.0858. The number of carbonyl (C=O) groups excluding carboxylic acids is 2. The molecule has 2 aliphatic rings.